The summed E-state index contributed by atoms with van der Waals surface area (Å²) in [5.74, 6) is 0.407. The first kappa shape index (κ1) is 15.4. The van der Waals surface area contributed by atoms with Gasteiger partial charge in [0.15, 0.2) is 0 Å². The van der Waals surface area contributed by atoms with Crippen LogP contribution < -0.4 is 4.72 Å². The summed E-state index contributed by atoms with van der Waals surface area (Å²) in [6, 6.07) is 7.59. The van der Waals surface area contributed by atoms with Crippen LogP contribution in [-0.4, -0.2) is 27.2 Å². The average Bonchev–Trinajstić information content (AvgIpc) is 2.36. The van der Waals surface area contributed by atoms with Gasteiger partial charge in [-0.3, -0.25) is 0 Å². The maximum absolute atomic E-state index is 11.6. The zero-order valence-corrected chi connectivity index (χ0v) is 11.9. The van der Waals surface area contributed by atoms with Crippen molar-refractivity contribution in [1.82, 2.24) is 4.72 Å². The van der Waals surface area contributed by atoms with Crippen LogP contribution in [0, 0.1) is 0 Å². The lowest BCUT2D eigenvalue weighted by Gasteiger charge is -2.10. The van der Waals surface area contributed by atoms with Crippen LogP contribution in [0.15, 0.2) is 24.3 Å². The maximum atomic E-state index is 11.6. The third-order valence-electron chi connectivity index (χ3n) is 2.45. The molecule has 0 spiro atoms. The van der Waals surface area contributed by atoms with Gasteiger partial charge in [0.1, 0.15) is 0 Å². The molecule has 0 aromatic heterocycles. The van der Waals surface area contributed by atoms with E-state index in [4.69, 9.17) is 16.3 Å². The summed E-state index contributed by atoms with van der Waals surface area (Å²) in [6.07, 6.45) is 0.455. The molecule has 0 saturated heterocycles. The zero-order chi connectivity index (χ0) is 13.4. The van der Waals surface area contributed by atoms with Crippen LogP contribution in [0.5, 0.6) is 0 Å². The molecule has 1 aromatic carbocycles. The molecular formula is C12H18ClNO3S. The molecular weight excluding hydrogens is 274 g/mol. The van der Waals surface area contributed by atoms with Gasteiger partial charge in [0, 0.05) is 19.5 Å². The van der Waals surface area contributed by atoms with Crippen molar-refractivity contribution in [3.8, 4) is 0 Å². The van der Waals surface area contributed by atoms with Gasteiger partial charge in [-0.1, -0.05) is 24.3 Å². The van der Waals surface area contributed by atoms with Crippen molar-refractivity contribution in [3.05, 3.63) is 35.4 Å². The highest BCUT2D eigenvalue weighted by atomic mass is 35.5. The van der Waals surface area contributed by atoms with E-state index in [1.54, 1.807) is 7.11 Å². The average molecular weight is 292 g/mol. The van der Waals surface area contributed by atoms with E-state index in [0.717, 1.165) is 11.1 Å². The van der Waals surface area contributed by atoms with E-state index < -0.39 is 10.0 Å². The number of halogens is 1. The lowest BCUT2D eigenvalue weighted by molar-refractivity contribution is 0.184. The maximum Gasteiger partial charge on any atom is 0.211 e. The third-order valence-corrected chi connectivity index (χ3v) is 4.13. The van der Waals surface area contributed by atoms with Crippen LogP contribution in [-0.2, 0) is 27.9 Å². The Bertz CT molecular complexity index is 462. The van der Waals surface area contributed by atoms with E-state index >= 15 is 0 Å². The van der Waals surface area contributed by atoms with Gasteiger partial charge in [-0.25, -0.2) is 13.1 Å². The topological polar surface area (TPSA) is 55.4 Å². The Hall–Kier alpha value is -0.620. The number of hydrogen-bond donors (Lipinski definition) is 1. The largest absolute Gasteiger partial charge is 0.380 e. The Kier molecular flexibility index (Phi) is 6.63. The molecule has 0 bridgehead atoms. The molecule has 0 aliphatic heterocycles. The zero-order valence-electron chi connectivity index (χ0n) is 10.4. The Morgan fingerprint density at radius 2 is 1.94 bits per heavy atom. The number of alkyl halides is 1. The molecule has 0 fully saturated rings. The fraction of sp³-hybridized carbons (Fsp3) is 0.500. The summed E-state index contributed by atoms with van der Waals surface area (Å²) in [5.41, 5.74) is 1.91. The van der Waals surface area contributed by atoms with Crippen molar-refractivity contribution < 1.29 is 13.2 Å². The minimum atomic E-state index is -3.25. The predicted octanol–water partition coefficient (Wildman–Crippen LogP) is 1.88. The molecule has 1 aromatic rings. The second-order valence-corrected chi connectivity index (χ2v) is 6.19. The van der Waals surface area contributed by atoms with Crippen LogP contribution >= 0.6 is 11.6 Å². The Morgan fingerprint density at radius 3 is 2.56 bits per heavy atom. The van der Waals surface area contributed by atoms with Gasteiger partial charge < -0.3 is 4.74 Å². The number of methoxy groups -OCH3 is 1. The van der Waals surface area contributed by atoms with Crippen LogP contribution in [0.3, 0.4) is 0 Å². The Morgan fingerprint density at radius 1 is 1.28 bits per heavy atom. The number of nitrogens with one attached hydrogen (secondary N) is 1. The molecule has 0 aliphatic carbocycles. The van der Waals surface area contributed by atoms with Gasteiger partial charge in [-0.05, 0) is 17.5 Å². The van der Waals surface area contributed by atoms with Gasteiger partial charge in [0.2, 0.25) is 10.0 Å². The van der Waals surface area contributed by atoms with Crippen LogP contribution in [0.25, 0.3) is 0 Å². The number of hydrogen-bond acceptors (Lipinski definition) is 3. The minimum absolute atomic E-state index is 0.0585. The van der Waals surface area contributed by atoms with Crippen molar-refractivity contribution >= 4 is 21.6 Å². The molecule has 0 atom stereocenters. The fourth-order valence-corrected chi connectivity index (χ4v) is 2.87. The summed E-state index contributed by atoms with van der Waals surface area (Å²) in [7, 11) is -1.64. The Balaban J connectivity index is 2.62. The molecule has 0 aliphatic rings. The van der Waals surface area contributed by atoms with Gasteiger partial charge in [-0.15, -0.1) is 11.6 Å². The fourth-order valence-electron chi connectivity index (χ4n) is 1.53. The van der Waals surface area contributed by atoms with Gasteiger partial charge in [0.05, 0.1) is 12.4 Å². The second-order valence-electron chi connectivity index (χ2n) is 3.88. The standard InChI is InChI=1S/C12H18ClNO3S/c1-17-10-12-6-3-2-5-11(12)9-14-18(15,16)8-4-7-13/h2-3,5-6,14H,4,7-10H2,1H3. The molecule has 0 saturated carbocycles. The molecule has 0 amide bonds. The van der Waals surface area contributed by atoms with Gasteiger partial charge in [0.25, 0.3) is 0 Å². The Labute approximate surface area is 113 Å². The lowest BCUT2D eigenvalue weighted by atomic mass is 10.1. The highest BCUT2D eigenvalue weighted by molar-refractivity contribution is 7.89. The highest BCUT2D eigenvalue weighted by Crippen LogP contribution is 2.10. The van der Waals surface area contributed by atoms with Gasteiger partial charge >= 0.3 is 0 Å². The third kappa shape index (κ3) is 5.35. The van der Waals surface area contributed by atoms with Crippen molar-refractivity contribution in [2.45, 2.75) is 19.6 Å². The second kappa shape index (κ2) is 7.74. The summed E-state index contributed by atoms with van der Waals surface area (Å²) in [4.78, 5) is 0. The molecule has 0 heterocycles. The molecule has 0 unspecified atom stereocenters. The smallest absolute Gasteiger partial charge is 0.211 e. The summed E-state index contributed by atoms with van der Waals surface area (Å²) in [6.45, 7) is 0.754. The van der Waals surface area contributed by atoms with E-state index in [9.17, 15) is 8.42 Å². The minimum Gasteiger partial charge on any atom is -0.380 e. The molecule has 0 radical (unpaired) electrons. The number of ether oxygens (including phenoxy) is 1. The van der Waals surface area contributed by atoms with E-state index in [1.807, 2.05) is 24.3 Å². The van der Waals surface area contributed by atoms with E-state index in [2.05, 4.69) is 4.72 Å². The molecule has 102 valence electrons. The molecule has 1 N–H and O–H groups in total. The van der Waals surface area contributed by atoms with Crippen molar-refractivity contribution in [3.63, 3.8) is 0 Å². The van der Waals surface area contributed by atoms with E-state index in [0.29, 0.717) is 18.9 Å². The summed E-state index contributed by atoms with van der Waals surface area (Å²) in [5, 5.41) is 0. The summed E-state index contributed by atoms with van der Waals surface area (Å²) >= 11 is 5.48. The van der Waals surface area contributed by atoms with Crippen molar-refractivity contribution in [2.75, 3.05) is 18.7 Å². The first-order valence-electron chi connectivity index (χ1n) is 5.68. The van der Waals surface area contributed by atoms with E-state index in [1.165, 1.54) is 0 Å². The first-order chi connectivity index (χ1) is 8.59. The van der Waals surface area contributed by atoms with Crippen LogP contribution in [0.2, 0.25) is 0 Å². The number of rotatable bonds is 8. The predicted molar refractivity (Wildman–Crippen MR) is 73.1 cm³/mol. The molecule has 6 heteroatoms. The number of benzene rings is 1. The molecule has 4 nitrogen and oxygen atoms in total. The normalized spacial score (nSPS) is 11.7. The van der Waals surface area contributed by atoms with E-state index in [-0.39, 0.29) is 12.3 Å². The van der Waals surface area contributed by atoms with Crippen LogP contribution in [0.4, 0.5) is 0 Å². The molecule has 1 rings (SSSR count). The van der Waals surface area contributed by atoms with Crippen molar-refractivity contribution in [2.24, 2.45) is 0 Å². The number of sulfonamides is 1. The SMILES string of the molecule is COCc1ccccc1CNS(=O)(=O)CCCCl. The van der Waals surface area contributed by atoms with Gasteiger partial charge in [-0.2, -0.15) is 0 Å². The van der Waals surface area contributed by atoms with Crippen LogP contribution in [0.1, 0.15) is 17.5 Å². The molecule has 18 heavy (non-hydrogen) atoms. The summed E-state index contributed by atoms with van der Waals surface area (Å²) < 4.78 is 30.9. The monoisotopic (exact) mass is 291 g/mol. The first-order valence-corrected chi connectivity index (χ1v) is 7.87. The lowest BCUT2D eigenvalue weighted by Crippen LogP contribution is -2.26. The quantitative estimate of drug-likeness (QED) is 0.744. The van der Waals surface area contributed by atoms with Crippen molar-refractivity contribution in [1.29, 1.82) is 0 Å². The highest BCUT2D eigenvalue weighted by Gasteiger charge is 2.10.